The number of hydrogen-bond acceptors (Lipinski definition) is 3. The molecule has 1 rings (SSSR count). The number of ether oxygens (including phenoxy) is 1. The van der Waals surface area contributed by atoms with Gasteiger partial charge >= 0.3 is 0 Å². The second-order valence-corrected chi connectivity index (χ2v) is 5.30. The largest absolute Gasteiger partial charge is 0.385 e. The van der Waals surface area contributed by atoms with Crippen molar-refractivity contribution in [2.45, 2.75) is 19.4 Å². The van der Waals surface area contributed by atoms with E-state index in [-0.39, 0.29) is 0 Å². The quantitative estimate of drug-likeness (QED) is 0.872. The second-order valence-electron chi connectivity index (χ2n) is 4.38. The molecule has 1 atom stereocenters. The van der Waals surface area contributed by atoms with Crippen molar-refractivity contribution >= 4 is 27.3 Å². The first-order chi connectivity index (χ1) is 8.04. The van der Waals surface area contributed by atoms with Crippen LogP contribution in [0, 0.1) is 0 Å². The Morgan fingerprint density at radius 1 is 1.41 bits per heavy atom. The average Bonchev–Trinajstić information content (AvgIpc) is 2.26. The molecule has 0 aliphatic rings. The zero-order valence-electron chi connectivity index (χ0n) is 11.0. The Kier molecular flexibility index (Phi) is 5.78. The molecular formula is C13H21BrN2O. The molecule has 4 heteroatoms. The third-order valence-electron chi connectivity index (χ3n) is 2.60. The van der Waals surface area contributed by atoms with Crippen LogP contribution in [-0.4, -0.2) is 33.9 Å². The van der Waals surface area contributed by atoms with Crippen molar-refractivity contribution in [3.63, 3.8) is 0 Å². The van der Waals surface area contributed by atoms with Crippen LogP contribution in [0.5, 0.6) is 0 Å². The lowest BCUT2D eigenvalue weighted by atomic mass is 10.2. The fraction of sp³-hybridized carbons (Fsp3) is 0.538. The molecule has 96 valence electrons. The van der Waals surface area contributed by atoms with Crippen LogP contribution in [0.25, 0.3) is 0 Å². The van der Waals surface area contributed by atoms with E-state index in [2.05, 4.69) is 51.3 Å². The lowest BCUT2D eigenvalue weighted by Gasteiger charge is -2.22. The van der Waals surface area contributed by atoms with Gasteiger partial charge in [-0.3, -0.25) is 0 Å². The molecule has 1 N–H and O–H groups in total. The summed E-state index contributed by atoms with van der Waals surface area (Å²) < 4.78 is 6.18. The van der Waals surface area contributed by atoms with Crippen LogP contribution in [0.4, 0.5) is 11.4 Å². The van der Waals surface area contributed by atoms with Crippen molar-refractivity contribution in [2.24, 2.45) is 0 Å². The lowest BCUT2D eigenvalue weighted by molar-refractivity contribution is 0.191. The summed E-state index contributed by atoms with van der Waals surface area (Å²) in [6, 6.07) is 6.66. The number of halogens is 1. The molecule has 0 spiro atoms. The van der Waals surface area contributed by atoms with Crippen molar-refractivity contribution in [1.82, 2.24) is 0 Å². The van der Waals surface area contributed by atoms with Crippen LogP contribution in [0.3, 0.4) is 0 Å². The Bertz CT molecular complexity index is 355. The number of rotatable bonds is 6. The van der Waals surface area contributed by atoms with E-state index in [4.69, 9.17) is 4.74 Å². The topological polar surface area (TPSA) is 24.5 Å². The van der Waals surface area contributed by atoms with E-state index in [9.17, 15) is 0 Å². The molecule has 0 radical (unpaired) electrons. The molecule has 0 saturated heterocycles. The summed E-state index contributed by atoms with van der Waals surface area (Å²) >= 11 is 3.50. The van der Waals surface area contributed by atoms with Gasteiger partial charge < -0.3 is 15.0 Å². The number of methoxy groups -OCH3 is 1. The highest BCUT2D eigenvalue weighted by molar-refractivity contribution is 9.10. The first kappa shape index (κ1) is 14.3. The van der Waals surface area contributed by atoms with Crippen LogP contribution < -0.4 is 10.2 Å². The molecule has 0 aliphatic heterocycles. The highest BCUT2D eigenvalue weighted by atomic mass is 79.9. The maximum Gasteiger partial charge on any atom is 0.0597 e. The predicted octanol–water partition coefficient (Wildman–Crippen LogP) is 3.35. The third kappa shape index (κ3) is 4.56. The van der Waals surface area contributed by atoms with Gasteiger partial charge in [0.05, 0.1) is 11.4 Å². The van der Waals surface area contributed by atoms with Gasteiger partial charge in [-0.2, -0.15) is 0 Å². The Balaban J connectivity index is 2.77. The van der Waals surface area contributed by atoms with Crippen LogP contribution in [0.1, 0.15) is 13.3 Å². The van der Waals surface area contributed by atoms with Gasteiger partial charge in [-0.1, -0.05) is 15.9 Å². The summed E-state index contributed by atoms with van der Waals surface area (Å²) in [7, 11) is 5.83. The van der Waals surface area contributed by atoms with Crippen LogP contribution >= 0.6 is 15.9 Å². The van der Waals surface area contributed by atoms with Gasteiger partial charge in [0.1, 0.15) is 0 Å². The normalized spacial score (nSPS) is 12.3. The summed E-state index contributed by atoms with van der Waals surface area (Å²) in [5.74, 6) is 0. The Morgan fingerprint density at radius 2 is 2.12 bits per heavy atom. The van der Waals surface area contributed by atoms with Crippen LogP contribution in [-0.2, 0) is 4.74 Å². The molecule has 1 aromatic rings. The van der Waals surface area contributed by atoms with Gasteiger partial charge in [0.15, 0.2) is 0 Å². The molecule has 0 bridgehead atoms. The molecule has 0 heterocycles. The van der Waals surface area contributed by atoms with Crippen molar-refractivity contribution in [1.29, 1.82) is 0 Å². The monoisotopic (exact) mass is 300 g/mol. The van der Waals surface area contributed by atoms with Crippen molar-refractivity contribution in [2.75, 3.05) is 38.0 Å². The van der Waals surface area contributed by atoms with E-state index in [1.807, 2.05) is 14.1 Å². The average molecular weight is 301 g/mol. The minimum absolute atomic E-state index is 0.392. The number of benzene rings is 1. The van der Waals surface area contributed by atoms with Crippen molar-refractivity contribution < 1.29 is 4.74 Å². The van der Waals surface area contributed by atoms with E-state index >= 15 is 0 Å². The van der Waals surface area contributed by atoms with Crippen LogP contribution in [0.2, 0.25) is 0 Å². The Morgan fingerprint density at radius 3 is 2.71 bits per heavy atom. The smallest absolute Gasteiger partial charge is 0.0597 e. The van der Waals surface area contributed by atoms with Gasteiger partial charge in [-0.05, 0) is 31.5 Å². The summed E-state index contributed by atoms with van der Waals surface area (Å²) in [4.78, 5) is 2.11. The summed E-state index contributed by atoms with van der Waals surface area (Å²) in [6.45, 7) is 2.94. The highest BCUT2D eigenvalue weighted by Crippen LogP contribution is 2.28. The number of nitrogens with zero attached hydrogens (tertiary/aromatic N) is 1. The van der Waals surface area contributed by atoms with E-state index in [0.717, 1.165) is 23.2 Å². The second kappa shape index (κ2) is 6.87. The van der Waals surface area contributed by atoms with Gasteiger partial charge in [-0.25, -0.2) is 0 Å². The molecule has 0 aliphatic carbocycles. The summed E-state index contributed by atoms with van der Waals surface area (Å²) in [6.07, 6.45) is 0.996. The maximum absolute atomic E-state index is 5.09. The van der Waals surface area contributed by atoms with E-state index in [1.54, 1.807) is 7.11 Å². The number of nitrogens with one attached hydrogen (secondary N) is 1. The Labute approximate surface area is 112 Å². The first-order valence-corrected chi connectivity index (χ1v) is 6.56. The standard InChI is InChI=1S/C13H21BrN2O/c1-10(7-8-17-4)15-12-9-11(14)5-6-13(12)16(2)3/h5-6,9-10,15H,7-8H2,1-4H3. The van der Waals surface area contributed by atoms with Crippen molar-refractivity contribution in [3.8, 4) is 0 Å². The first-order valence-electron chi connectivity index (χ1n) is 5.77. The van der Waals surface area contributed by atoms with Gasteiger partial charge in [0.25, 0.3) is 0 Å². The number of hydrogen-bond donors (Lipinski definition) is 1. The van der Waals surface area contributed by atoms with Crippen molar-refractivity contribution in [3.05, 3.63) is 22.7 Å². The summed E-state index contributed by atoms with van der Waals surface area (Å²) in [5.41, 5.74) is 2.34. The zero-order chi connectivity index (χ0) is 12.8. The molecule has 1 aromatic carbocycles. The lowest BCUT2D eigenvalue weighted by Crippen LogP contribution is -2.20. The molecule has 1 unspecified atom stereocenters. The maximum atomic E-state index is 5.09. The zero-order valence-corrected chi connectivity index (χ0v) is 12.5. The van der Waals surface area contributed by atoms with Crippen LogP contribution in [0.15, 0.2) is 22.7 Å². The molecule has 0 amide bonds. The van der Waals surface area contributed by atoms with Gasteiger partial charge in [0.2, 0.25) is 0 Å². The predicted molar refractivity (Wildman–Crippen MR) is 78.0 cm³/mol. The minimum atomic E-state index is 0.392. The molecule has 0 saturated carbocycles. The number of anilines is 2. The summed E-state index contributed by atoms with van der Waals surface area (Å²) in [5, 5.41) is 3.52. The molecule has 3 nitrogen and oxygen atoms in total. The molecule has 0 aromatic heterocycles. The Hall–Kier alpha value is -0.740. The molecule has 0 fully saturated rings. The van der Waals surface area contributed by atoms with E-state index in [0.29, 0.717) is 6.04 Å². The fourth-order valence-electron chi connectivity index (χ4n) is 1.65. The SMILES string of the molecule is COCCC(C)Nc1cc(Br)ccc1N(C)C. The molecular weight excluding hydrogens is 280 g/mol. The van der Waals surface area contributed by atoms with Gasteiger partial charge in [0, 0.05) is 38.3 Å². The highest BCUT2D eigenvalue weighted by Gasteiger charge is 2.08. The third-order valence-corrected chi connectivity index (χ3v) is 3.09. The fourth-order valence-corrected chi connectivity index (χ4v) is 2.01. The van der Waals surface area contributed by atoms with E-state index < -0.39 is 0 Å². The molecule has 17 heavy (non-hydrogen) atoms. The van der Waals surface area contributed by atoms with Gasteiger partial charge in [-0.15, -0.1) is 0 Å². The minimum Gasteiger partial charge on any atom is -0.385 e. The van der Waals surface area contributed by atoms with E-state index in [1.165, 1.54) is 5.69 Å².